The van der Waals surface area contributed by atoms with E-state index in [9.17, 15) is 0 Å². The van der Waals surface area contributed by atoms with E-state index in [-0.39, 0.29) is 6.61 Å². The zero-order valence-corrected chi connectivity index (χ0v) is 7.60. The maximum atomic E-state index is 8.78. The molecule has 1 aromatic rings. The molecular formula is C6H6BrN3O2. The van der Waals surface area contributed by atoms with Crippen LogP contribution in [0.3, 0.4) is 0 Å². The monoisotopic (exact) mass is 231 g/mol. The van der Waals surface area contributed by atoms with Crippen LogP contribution in [0, 0.1) is 0 Å². The van der Waals surface area contributed by atoms with Crippen LogP contribution < -0.4 is 0 Å². The van der Waals surface area contributed by atoms with Gasteiger partial charge >= 0.3 is 0 Å². The van der Waals surface area contributed by atoms with Crippen LogP contribution in [0.5, 0.6) is 0 Å². The van der Waals surface area contributed by atoms with Crippen molar-refractivity contribution in [3.05, 3.63) is 33.0 Å². The van der Waals surface area contributed by atoms with Gasteiger partial charge in [-0.3, -0.25) is 0 Å². The largest absolute Gasteiger partial charge is 0.454 e. The van der Waals surface area contributed by atoms with Gasteiger partial charge in [-0.2, -0.15) is 0 Å². The van der Waals surface area contributed by atoms with Crippen molar-refractivity contribution in [3.63, 3.8) is 0 Å². The van der Waals surface area contributed by atoms with E-state index in [4.69, 9.17) is 15.1 Å². The highest BCUT2D eigenvalue weighted by Crippen LogP contribution is 2.22. The van der Waals surface area contributed by atoms with Gasteiger partial charge < -0.3 is 9.52 Å². The van der Waals surface area contributed by atoms with E-state index in [0.29, 0.717) is 10.4 Å². The molecule has 6 heteroatoms. The van der Waals surface area contributed by atoms with Crippen molar-refractivity contribution in [1.29, 1.82) is 0 Å². The van der Waals surface area contributed by atoms with Crippen LogP contribution in [0.1, 0.15) is 11.8 Å². The standard InChI is InChI=1S/C6H6BrN3O2/c7-6-2-1-5(12-6)4(3-11)9-10-8/h1-2,4,11H,3H2. The van der Waals surface area contributed by atoms with Gasteiger partial charge in [-0.05, 0) is 33.6 Å². The number of rotatable bonds is 3. The van der Waals surface area contributed by atoms with E-state index in [2.05, 4.69) is 26.0 Å². The summed E-state index contributed by atoms with van der Waals surface area (Å²) >= 11 is 3.10. The quantitative estimate of drug-likeness (QED) is 0.493. The van der Waals surface area contributed by atoms with Crippen molar-refractivity contribution in [2.45, 2.75) is 6.04 Å². The molecule has 1 heterocycles. The average Bonchev–Trinajstić information content (AvgIpc) is 2.47. The number of hydrogen-bond donors (Lipinski definition) is 1. The molecule has 12 heavy (non-hydrogen) atoms. The number of aliphatic hydroxyl groups is 1. The predicted octanol–water partition coefficient (Wildman–Crippen LogP) is 2.39. The second-order valence-corrected chi connectivity index (χ2v) is 2.83. The molecule has 5 nitrogen and oxygen atoms in total. The van der Waals surface area contributed by atoms with Crippen LogP contribution in [-0.2, 0) is 0 Å². The van der Waals surface area contributed by atoms with Crippen molar-refractivity contribution in [2.75, 3.05) is 6.61 Å². The Kier molecular flexibility index (Phi) is 3.16. The summed E-state index contributed by atoms with van der Waals surface area (Å²) in [4.78, 5) is 2.58. The van der Waals surface area contributed by atoms with Gasteiger partial charge in [0.25, 0.3) is 0 Å². The summed E-state index contributed by atoms with van der Waals surface area (Å²) in [5.74, 6) is 0.446. The van der Waals surface area contributed by atoms with E-state index in [0.717, 1.165) is 0 Å². The minimum atomic E-state index is -0.638. The Morgan fingerprint density at radius 3 is 2.92 bits per heavy atom. The van der Waals surface area contributed by atoms with Gasteiger partial charge in [0.15, 0.2) is 4.67 Å². The molecule has 1 aromatic heterocycles. The Balaban J connectivity index is 2.86. The fraction of sp³-hybridized carbons (Fsp3) is 0.333. The molecule has 0 spiro atoms. The lowest BCUT2D eigenvalue weighted by Crippen LogP contribution is -1.97. The molecule has 0 aliphatic carbocycles. The number of furan rings is 1. The third kappa shape index (κ3) is 2.01. The lowest BCUT2D eigenvalue weighted by Gasteiger charge is -2.01. The zero-order chi connectivity index (χ0) is 8.97. The Bertz CT molecular complexity index is 305. The number of halogens is 1. The number of azide groups is 1. The maximum absolute atomic E-state index is 8.78. The van der Waals surface area contributed by atoms with Crippen LogP contribution in [0.2, 0.25) is 0 Å². The highest BCUT2D eigenvalue weighted by molar-refractivity contribution is 9.10. The Morgan fingerprint density at radius 2 is 2.50 bits per heavy atom. The molecule has 0 fully saturated rings. The Morgan fingerprint density at radius 1 is 1.75 bits per heavy atom. The number of aliphatic hydroxyl groups excluding tert-OH is 1. The van der Waals surface area contributed by atoms with Crippen LogP contribution in [0.4, 0.5) is 0 Å². The van der Waals surface area contributed by atoms with Gasteiger partial charge in [0.05, 0.1) is 6.61 Å². The molecule has 0 amide bonds. The Labute approximate surface area is 76.8 Å². The molecule has 1 unspecified atom stereocenters. The van der Waals surface area contributed by atoms with Crippen LogP contribution >= 0.6 is 15.9 Å². The van der Waals surface area contributed by atoms with E-state index >= 15 is 0 Å². The normalized spacial score (nSPS) is 12.2. The zero-order valence-electron chi connectivity index (χ0n) is 6.01. The minimum Gasteiger partial charge on any atom is -0.454 e. The molecule has 0 aromatic carbocycles. The Hall–Kier alpha value is -0.970. The fourth-order valence-corrected chi connectivity index (χ4v) is 1.07. The second kappa shape index (κ2) is 4.15. The molecule has 1 rings (SSSR count). The van der Waals surface area contributed by atoms with Crippen molar-refractivity contribution >= 4 is 15.9 Å². The third-order valence-electron chi connectivity index (χ3n) is 1.29. The molecule has 0 aliphatic heterocycles. The van der Waals surface area contributed by atoms with E-state index < -0.39 is 6.04 Å². The summed E-state index contributed by atoms with van der Waals surface area (Å²) in [7, 11) is 0. The minimum absolute atomic E-state index is 0.260. The van der Waals surface area contributed by atoms with E-state index in [1.807, 2.05) is 0 Å². The first kappa shape index (κ1) is 9.12. The van der Waals surface area contributed by atoms with Crippen LogP contribution in [0.15, 0.2) is 26.3 Å². The molecular weight excluding hydrogens is 226 g/mol. The molecule has 0 bridgehead atoms. The summed E-state index contributed by atoms with van der Waals surface area (Å²) in [6, 6.07) is 2.67. The van der Waals surface area contributed by atoms with Crippen LogP contribution in [0.25, 0.3) is 10.4 Å². The van der Waals surface area contributed by atoms with Crippen molar-refractivity contribution < 1.29 is 9.52 Å². The maximum Gasteiger partial charge on any atom is 0.169 e. The lowest BCUT2D eigenvalue weighted by atomic mass is 10.2. The fourth-order valence-electron chi connectivity index (χ4n) is 0.753. The number of hydrogen-bond acceptors (Lipinski definition) is 3. The van der Waals surface area contributed by atoms with E-state index in [1.165, 1.54) is 0 Å². The topological polar surface area (TPSA) is 82.1 Å². The highest BCUT2D eigenvalue weighted by Gasteiger charge is 2.11. The van der Waals surface area contributed by atoms with Crippen molar-refractivity contribution in [3.8, 4) is 0 Å². The first-order valence-electron chi connectivity index (χ1n) is 3.18. The lowest BCUT2D eigenvalue weighted by molar-refractivity contribution is 0.250. The number of nitrogens with zero attached hydrogens (tertiary/aromatic N) is 3. The summed E-state index contributed by atoms with van der Waals surface area (Å²) in [5, 5.41) is 12.1. The first-order chi connectivity index (χ1) is 5.77. The molecule has 0 radical (unpaired) electrons. The SMILES string of the molecule is [N-]=[N+]=NC(CO)c1ccc(Br)o1. The molecule has 0 aliphatic rings. The summed E-state index contributed by atoms with van der Waals surface area (Å²) in [5.41, 5.74) is 8.13. The van der Waals surface area contributed by atoms with Gasteiger partial charge in [0.1, 0.15) is 11.8 Å². The summed E-state index contributed by atoms with van der Waals surface area (Å²) in [6.07, 6.45) is 0. The first-order valence-corrected chi connectivity index (χ1v) is 3.97. The summed E-state index contributed by atoms with van der Waals surface area (Å²) < 4.78 is 5.63. The third-order valence-corrected chi connectivity index (χ3v) is 1.71. The molecule has 64 valence electrons. The summed E-state index contributed by atoms with van der Waals surface area (Å²) in [6.45, 7) is -0.260. The molecule has 0 saturated heterocycles. The smallest absolute Gasteiger partial charge is 0.169 e. The van der Waals surface area contributed by atoms with E-state index in [1.54, 1.807) is 12.1 Å². The van der Waals surface area contributed by atoms with Gasteiger partial charge in [0, 0.05) is 4.91 Å². The molecule has 1 N–H and O–H groups in total. The van der Waals surface area contributed by atoms with Gasteiger partial charge in [-0.25, -0.2) is 0 Å². The van der Waals surface area contributed by atoms with Crippen LogP contribution in [-0.4, -0.2) is 11.7 Å². The molecule has 0 saturated carbocycles. The highest BCUT2D eigenvalue weighted by atomic mass is 79.9. The van der Waals surface area contributed by atoms with Gasteiger partial charge in [-0.15, -0.1) is 0 Å². The second-order valence-electron chi connectivity index (χ2n) is 2.05. The predicted molar refractivity (Wildman–Crippen MR) is 45.4 cm³/mol. The molecule has 1 atom stereocenters. The van der Waals surface area contributed by atoms with Gasteiger partial charge in [0.2, 0.25) is 0 Å². The van der Waals surface area contributed by atoms with Crippen molar-refractivity contribution in [1.82, 2.24) is 0 Å². The average molecular weight is 232 g/mol. The van der Waals surface area contributed by atoms with Crippen molar-refractivity contribution in [2.24, 2.45) is 5.11 Å². The van der Waals surface area contributed by atoms with Gasteiger partial charge in [-0.1, -0.05) is 5.11 Å².